The van der Waals surface area contributed by atoms with Crippen LogP contribution in [0.1, 0.15) is 57.7 Å². The van der Waals surface area contributed by atoms with Crippen molar-refractivity contribution < 1.29 is 23.5 Å². The molecular formula is C29H30BrNO5Si. The fraction of sp³-hybridized carbons (Fsp3) is 0.276. The van der Waals surface area contributed by atoms with Crippen LogP contribution in [-0.4, -0.2) is 44.1 Å². The van der Waals surface area contributed by atoms with Gasteiger partial charge in [0.15, 0.2) is 5.78 Å². The molecular weight excluding hydrogens is 550 g/mol. The van der Waals surface area contributed by atoms with Gasteiger partial charge in [-0.25, -0.2) is 4.79 Å². The van der Waals surface area contributed by atoms with Gasteiger partial charge in [0.2, 0.25) is 5.78 Å². The van der Waals surface area contributed by atoms with Crippen molar-refractivity contribution in [2.75, 3.05) is 13.7 Å². The third kappa shape index (κ3) is 4.58. The molecule has 0 radical (unpaired) electrons. The molecule has 0 saturated carbocycles. The third-order valence-corrected chi connectivity index (χ3v) is 12.5. The number of ether oxygens (including phenoxy) is 1. The molecule has 0 bridgehead atoms. The molecule has 0 amide bonds. The summed E-state index contributed by atoms with van der Waals surface area (Å²) in [4.78, 5) is 38.7. The fourth-order valence-electron chi connectivity index (χ4n) is 5.26. The van der Waals surface area contributed by atoms with Crippen LogP contribution in [0.25, 0.3) is 0 Å². The number of aromatic nitrogens is 1. The van der Waals surface area contributed by atoms with Gasteiger partial charge < -0.3 is 13.7 Å². The summed E-state index contributed by atoms with van der Waals surface area (Å²) in [6, 6.07) is 20.6. The highest BCUT2D eigenvalue weighted by molar-refractivity contribution is 9.12. The van der Waals surface area contributed by atoms with Gasteiger partial charge in [-0.1, -0.05) is 81.4 Å². The van der Waals surface area contributed by atoms with Gasteiger partial charge in [0.1, 0.15) is 5.69 Å². The van der Waals surface area contributed by atoms with Crippen LogP contribution in [0.2, 0.25) is 5.04 Å². The lowest BCUT2D eigenvalue weighted by molar-refractivity contribution is 0.0596. The van der Waals surface area contributed by atoms with E-state index in [1.54, 1.807) is 11.5 Å². The van der Waals surface area contributed by atoms with Crippen molar-refractivity contribution in [1.29, 1.82) is 0 Å². The van der Waals surface area contributed by atoms with Crippen molar-refractivity contribution in [3.05, 3.63) is 93.7 Å². The number of ketones is 2. The third-order valence-electron chi connectivity index (χ3n) is 6.90. The number of allylic oxidation sites excluding steroid dienone is 2. The van der Waals surface area contributed by atoms with Crippen LogP contribution in [0, 0.1) is 6.92 Å². The van der Waals surface area contributed by atoms with E-state index in [0.29, 0.717) is 5.69 Å². The van der Waals surface area contributed by atoms with Crippen molar-refractivity contribution >= 4 is 52.2 Å². The van der Waals surface area contributed by atoms with E-state index in [2.05, 4.69) is 61.0 Å². The fourth-order valence-corrected chi connectivity index (χ4v) is 10.2. The number of benzene rings is 2. The van der Waals surface area contributed by atoms with Gasteiger partial charge in [0, 0.05) is 18.3 Å². The minimum absolute atomic E-state index is 0.0861. The van der Waals surface area contributed by atoms with Crippen LogP contribution in [-0.2, 0) is 15.7 Å². The first-order valence-electron chi connectivity index (χ1n) is 12.1. The van der Waals surface area contributed by atoms with Crippen LogP contribution < -0.4 is 10.4 Å². The van der Waals surface area contributed by atoms with Gasteiger partial charge in [-0.2, -0.15) is 0 Å². The van der Waals surface area contributed by atoms with Gasteiger partial charge >= 0.3 is 5.97 Å². The number of fused-ring (bicyclic) bond motifs is 1. The van der Waals surface area contributed by atoms with E-state index < -0.39 is 20.1 Å². The Morgan fingerprint density at radius 3 is 2.00 bits per heavy atom. The summed E-state index contributed by atoms with van der Waals surface area (Å²) in [5.41, 5.74) is 0.893. The SMILES string of the molecule is COC(=O)c1c2c(n(CCO[Si](c3ccccc3)(c3ccccc3)C(C)(C)C)c1C)C(=O)C(Br)=CC2=O. The molecule has 1 heterocycles. The van der Waals surface area contributed by atoms with Crippen molar-refractivity contribution in [1.82, 2.24) is 4.57 Å². The number of halogens is 1. The zero-order valence-electron chi connectivity index (χ0n) is 21.6. The minimum atomic E-state index is -2.80. The van der Waals surface area contributed by atoms with Gasteiger partial charge in [-0.05, 0) is 38.3 Å². The molecule has 0 saturated heterocycles. The molecule has 6 nitrogen and oxygen atoms in total. The standard InChI is InChI=1S/C29H30BrNO5Si/c1-19-24(28(34)35-5)25-23(32)18-22(30)27(33)26(25)31(19)16-17-36-37(29(2,3)4,20-12-8-6-9-13-20)21-14-10-7-11-15-21/h6-15,18H,16-17H2,1-5H3. The average molecular weight is 581 g/mol. The van der Waals surface area contributed by atoms with Crippen LogP contribution in [0.3, 0.4) is 0 Å². The number of carbonyl (C=O) groups excluding carboxylic acids is 3. The van der Waals surface area contributed by atoms with E-state index in [-0.39, 0.29) is 45.3 Å². The first kappa shape index (κ1) is 27.0. The van der Waals surface area contributed by atoms with E-state index in [1.165, 1.54) is 13.2 Å². The minimum Gasteiger partial charge on any atom is -0.465 e. The molecule has 0 spiro atoms. The highest BCUT2D eigenvalue weighted by Gasteiger charge is 2.50. The van der Waals surface area contributed by atoms with Gasteiger partial charge in [0.25, 0.3) is 8.32 Å². The normalized spacial score (nSPS) is 13.8. The average Bonchev–Trinajstić information content (AvgIpc) is 3.17. The van der Waals surface area contributed by atoms with E-state index in [0.717, 1.165) is 10.4 Å². The van der Waals surface area contributed by atoms with E-state index in [9.17, 15) is 14.4 Å². The summed E-state index contributed by atoms with van der Waals surface area (Å²) >= 11 is 3.21. The number of hydrogen-bond donors (Lipinski definition) is 0. The maximum atomic E-state index is 13.1. The lowest BCUT2D eigenvalue weighted by Crippen LogP contribution is -2.66. The summed E-state index contributed by atoms with van der Waals surface area (Å²) in [5.74, 6) is -1.40. The lowest BCUT2D eigenvalue weighted by atomic mass is 9.97. The number of hydrogen-bond acceptors (Lipinski definition) is 5. The Hall–Kier alpha value is -3.07. The molecule has 2 aromatic carbocycles. The Labute approximate surface area is 226 Å². The van der Waals surface area contributed by atoms with Gasteiger partial charge in [0.05, 0.1) is 29.3 Å². The quantitative estimate of drug-likeness (QED) is 0.296. The highest BCUT2D eigenvalue weighted by Crippen LogP contribution is 2.37. The second kappa shape index (κ2) is 10.4. The molecule has 0 atom stereocenters. The lowest BCUT2D eigenvalue weighted by Gasteiger charge is -2.43. The predicted octanol–water partition coefficient (Wildman–Crippen LogP) is 4.82. The molecule has 1 aliphatic carbocycles. The molecule has 8 heteroatoms. The second-order valence-electron chi connectivity index (χ2n) is 10.0. The Bertz CT molecular complexity index is 1350. The van der Waals surface area contributed by atoms with E-state index >= 15 is 0 Å². The summed E-state index contributed by atoms with van der Waals surface area (Å²) < 4.78 is 13.8. The molecule has 1 aliphatic rings. The maximum Gasteiger partial charge on any atom is 0.340 e. The monoisotopic (exact) mass is 579 g/mol. The van der Waals surface area contributed by atoms with Gasteiger partial charge in [-0.3, -0.25) is 9.59 Å². The summed E-state index contributed by atoms with van der Waals surface area (Å²) in [6.07, 6.45) is 1.21. The molecule has 1 aromatic heterocycles. The van der Waals surface area contributed by atoms with Crippen molar-refractivity contribution in [2.45, 2.75) is 39.3 Å². The molecule has 0 unspecified atom stereocenters. The maximum absolute atomic E-state index is 13.1. The first-order chi connectivity index (χ1) is 17.5. The highest BCUT2D eigenvalue weighted by atomic mass is 79.9. The summed E-state index contributed by atoms with van der Waals surface area (Å²) in [7, 11) is -1.54. The van der Waals surface area contributed by atoms with Gasteiger partial charge in [-0.15, -0.1) is 0 Å². The number of esters is 1. The number of rotatable bonds is 7. The zero-order chi connectivity index (χ0) is 27.0. The first-order valence-corrected chi connectivity index (χ1v) is 14.8. The molecule has 4 rings (SSSR count). The molecule has 0 N–H and O–H groups in total. The van der Waals surface area contributed by atoms with Crippen molar-refractivity contribution in [3.63, 3.8) is 0 Å². The zero-order valence-corrected chi connectivity index (χ0v) is 24.2. The van der Waals surface area contributed by atoms with Crippen LogP contribution in [0.5, 0.6) is 0 Å². The summed E-state index contributed by atoms with van der Waals surface area (Å²) in [5, 5.41) is 2.08. The van der Waals surface area contributed by atoms with E-state index in [4.69, 9.17) is 9.16 Å². The number of Topliss-reactive ketones (excluding diaryl/α,β-unsaturated/α-hetero) is 1. The Morgan fingerprint density at radius 2 is 1.51 bits per heavy atom. The second-order valence-corrected chi connectivity index (χ2v) is 15.2. The largest absolute Gasteiger partial charge is 0.465 e. The van der Waals surface area contributed by atoms with Crippen molar-refractivity contribution in [3.8, 4) is 0 Å². The Morgan fingerprint density at radius 1 is 0.973 bits per heavy atom. The predicted molar refractivity (Wildman–Crippen MR) is 150 cm³/mol. The Kier molecular flexibility index (Phi) is 7.55. The number of nitrogens with zero attached hydrogens (tertiary/aromatic N) is 1. The molecule has 37 heavy (non-hydrogen) atoms. The van der Waals surface area contributed by atoms with E-state index in [1.807, 2.05) is 36.4 Å². The molecule has 0 fully saturated rings. The topological polar surface area (TPSA) is 74.6 Å². The summed E-state index contributed by atoms with van der Waals surface area (Å²) in [6.45, 7) is 8.87. The smallest absolute Gasteiger partial charge is 0.340 e. The van der Waals surface area contributed by atoms with Crippen LogP contribution in [0.15, 0.2) is 71.2 Å². The number of methoxy groups -OCH3 is 1. The Balaban J connectivity index is 1.80. The molecule has 0 aliphatic heterocycles. The molecule has 3 aromatic rings. The molecule has 192 valence electrons. The van der Waals surface area contributed by atoms with Crippen LogP contribution in [0.4, 0.5) is 0 Å². The van der Waals surface area contributed by atoms with Crippen LogP contribution >= 0.6 is 15.9 Å². The number of carbonyl (C=O) groups is 3. The van der Waals surface area contributed by atoms with Crippen molar-refractivity contribution in [2.24, 2.45) is 0 Å².